The minimum atomic E-state index is -0.105. The monoisotopic (exact) mass is 202 g/mol. The van der Waals surface area contributed by atoms with Crippen molar-refractivity contribution < 1.29 is 4.79 Å². The number of hydrogen-bond donors (Lipinski definition) is 1. The van der Waals surface area contributed by atoms with Crippen LogP contribution in [0.25, 0.3) is 0 Å². The van der Waals surface area contributed by atoms with Gasteiger partial charge in [-0.3, -0.25) is 4.79 Å². The highest BCUT2D eigenvalue weighted by atomic mass is 16.1. The lowest BCUT2D eigenvalue weighted by Gasteiger charge is -2.06. The fraction of sp³-hybridized carbons (Fsp3) is 0.333. The van der Waals surface area contributed by atoms with Gasteiger partial charge in [0.1, 0.15) is 0 Å². The van der Waals surface area contributed by atoms with E-state index in [1.54, 1.807) is 0 Å². The molecule has 15 heavy (non-hydrogen) atoms. The summed E-state index contributed by atoms with van der Waals surface area (Å²) in [6.45, 7) is 4.26. The van der Waals surface area contributed by atoms with E-state index in [1.807, 2.05) is 38.1 Å². The third-order valence-corrected chi connectivity index (χ3v) is 2.16. The molecular weight excluding hydrogens is 188 g/mol. The van der Waals surface area contributed by atoms with Crippen LogP contribution in [0.15, 0.2) is 18.2 Å². The van der Waals surface area contributed by atoms with E-state index in [9.17, 15) is 4.79 Å². The topological polar surface area (TPSA) is 52.9 Å². The van der Waals surface area contributed by atoms with Gasteiger partial charge in [-0.2, -0.15) is 5.26 Å². The number of nitrogens with zero attached hydrogens (tertiary/aromatic N) is 1. The maximum atomic E-state index is 11.7. The second-order valence-electron chi connectivity index (χ2n) is 3.48. The van der Waals surface area contributed by atoms with Gasteiger partial charge in [0.25, 0.3) is 5.91 Å². The maximum Gasteiger partial charge on any atom is 0.251 e. The largest absolute Gasteiger partial charge is 0.351 e. The number of hydrogen-bond acceptors (Lipinski definition) is 2. The van der Waals surface area contributed by atoms with E-state index in [4.69, 9.17) is 5.26 Å². The Hall–Kier alpha value is -1.82. The van der Waals surface area contributed by atoms with Crippen LogP contribution in [0.3, 0.4) is 0 Å². The van der Waals surface area contributed by atoms with Crippen molar-refractivity contribution in [2.24, 2.45) is 0 Å². The molecule has 0 unspecified atom stereocenters. The minimum absolute atomic E-state index is 0.105. The Bertz CT molecular complexity index is 405. The normalized spacial score (nSPS) is 9.40. The Morgan fingerprint density at radius 1 is 1.47 bits per heavy atom. The molecule has 0 heterocycles. The van der Waals surface area contributed by atoms with Crippen LogP contribution in [0.2, 0.25) is 0 Å². The lowest BCUT2D eigenvalue weighted by atomic mass is 10.1. The number of carbonyl (C=O) groups is 1. The summed E-state index contributed by atoms with van der Waals surface area (Å²) in [6, 6.07) is 7.74. The molecule has 0 aliphatic heterocycles. The molecule has 0 saturated carbocycles. The molecule has 0 atom stereocenters. The summed E-state index contributed by atoms with van der Waals surface area (Å²) in [7, 11) is 0. The van der Waals surface area contributed by atoms with E-state index < -0.39 is 0 Å². The average molecular weight is 202 g/mol. The number of benzene rings is 1. The molecule has 0 bridgehead atoms. The first kappa shape index (κ1) is 11.3. The Labute approximate surface area is 89.7 Å². The quantitative estimate of drug-likeness (QED) is 0.761. The van der Waals surface area contributed by atoms with E-state index in [1.165, 1.54) is 0 Å². The van der Waals surface area contributed by atoms with Gasteiger partial charge < -0.3 is 5.32 Å². The molecule has 0 saturated heterocycles. The Morgan fingerprint density at radius 2 is 2.20 bits per heavy atom. The van der Waals surface area contributed by atoms with Crippen LogP contribution < -0.4 is 5.32 Å². The highest BCUT2D eigenvalue weighted by Crippen LogP contribution is 2.10. The van der Waals surface area contributed by atoms with Crippen molar-refractivity contribution in [1.29, 1.82) is 5.26 Å². The van der Waals surface area contributed by atoms with Crippen molar-refractivity contribution >= 4 is 5.91 Å². The van der Waals surface area contributed by atoms with Crippen molar-refractivity contribution in [2.45, 2.75) is 20.3 Å². The smallest absolute Gasteiger partial charge is 0.251 e. The zero-order chi connectivity index (χ0) is 11.3. The first-order valence-electron chi connectivity index (χ1n) is 4.87. The summed E-state index contributed by atoms with van der Waals surface area (Å²) in [4.78, 5) is 11.7. The van der Waals surface area contributed by atoms with E-state index >= 15 is 0 Å². The van der Waals surface area contributed by atoms with Gasteiger partial charge in [0.15, 0.2) is 0 Å². The summed E-state index contributed by atoms with van der Waals surface area (Å²) in [6.07, 6.45) is 0.344. The first-order valence-corrected chi connectivity index (χ1v) is 4.87. The third kappa shape index (κ3) is 3.10. The number of aryl methyl sites for hydroxylation is 2. The Kier molecular flexibility index (Phi) is 3.87. The zero-order valence-corrected chi connectivity index (χ0v) is 9.00. The van der Waals surface area contributed by atoms with Crippen LogP contribution in [-0.2, 0) is 0 Å². The van der Waals surface area contributed by atoms with Crippen molar-refractivity contribution in [1.82, 2.24) is 5.32 Å². The lowest BCUT2D eigenvalue weighted by Crippen LogP contribution is -2.25. The summed E-state index contributed by atoms with van der Waals surface area (Å²) in [5.41, 5.74) is 2.70. The van der Waals surface area contributed by atoms with Gasteiger partial charge >= 0.3 is 0 Å². The van der Waals surface area contributed by atoms with E-state index in [0.717, 1.165) is 11.1 Å². The second-order valence-corrected chi connectivity index (χ2v) is 3.48. The molecule has 78 valence electrons. The van der Waals surface area contributed by atoms with E-state index in [2.05, 4.69) is 5.32 Å². The van der Waals surface area contributed by atoms with Crippen molar-refractivity contribution in [3.63, 3.8) is 0 Å². The molecule has 1 amide bonds. The first-order chi connectivity index (χ1) is 7.15. The molecule has 0 radical (unpaired) electrons. The highest BCUT2D eigenvalue weighted by molar-refractivity contribution is 5.95. The van der Waals surface area contributed by atoms with Crippen LogP contribution in [0.5, 0.6) is 0 Å². The van der Waals surface area contributed by atoms with Crippen LogP contribution in [0.1, 0.15) is 27.9 Å². The summed E-state index contributed by atoms with van der Waals surface area (Å²) in [5, 5.41) is 11.1. The SMILES string of the molecule is Cc1ccc(C)c(C(=O)NCCC#N)c1. The van der Waals surface area contributed by atoms with Crippen molar-refractivity contribution in [3.8, 4) is 6.07 Å². The van der Waals surface area contributed by atoms with E-state index in [-0.39, 0.29) is 5.91 Å². The Morgan fingerprint density at radius 3 is 2.87 bits per heavy atom. The maximum absolute atomic E-state index is 11.7. The standard InChI is InChI=1S/C12H14N2O/c1-9-4-5-10(2)11(8-9)12(15)14-7-3-6-13/h4-5,8H,3,7H2,1-2H3,(H,14,15). The van der Waals surface area contributed by atoms with Crippen LogP contribution >= 0.6 is 0 Å². The van der Waals surface area contributed by atoms with Crippen LogP contribution in [0.4, 0.5) is 0 Å². The highest BCUT2D eigenvalue weighted by Gasteiger charge is 2.07. The predicted octanol–water partition coefficient (Wildman–Crippen LogP) is 1.95. The van der Waals surface area contributed by atoms with Gasteiger partial charge in [-0.25, -0.2) is 0 Å². The average Bonchev–Trinajstić information content (AvgIpc) is 2.22. The summed E-state index contributed by atoms with van der Waals surface area (Å²) < 4.78 is 0. The molecule has 0 fully saturated rings. The zero-order valence-electron chi connectivity index (χ0n) is 9.00. The fourth-order valence-electron chi connectivity index (χ4n) is 1.31. The number of amides is 1. The fourth-order valence-corrected chi connectivity index (χ4v) is 1.31. The number of nitriles is 1. The molecule has 0 spiro atoms. The van der Waals surface area contributed by atoms with Crippen molar-refractivity contribution in [2.75, 3.05) is 6.54 Å². The van der Waals surface area contributed by atoms with E-state index in [0.29, 0.717) is 18.5 Å². The Balaban J connectivity index is 2.73. The van der Waals surface area contributed by atoms with Gasteiger partial charge in [0, 0.05) is 12.1 Å². The van der Waals surface area contributed by atoms with Crippen LogP contribution in [-0.4, -0.2) is 12.5 Å². The van der Waals surface area contributed by atoms with Crippen LogP contribution in [0, 0.1) is 25.2 Å². The molecule has 1 aromatic rings. The lowest BCUT2D eigenvalue weighted by molar-refractivity contribution is 0.0954. The number of carbonyl (C=O) groups excluding carboxylic acids is 1. The summed E-state index contributed by atoms with van der Waals surface area (Å²) in [5.74, 6) is -0.105. The number of rotatable bonds is 3. The molecule has 1 aromatic carbocycles. The molecule has 0 aliphatic rings. The number of nitrogens with one attached hydrogen (secondary N) is 1. The van der Waals surface area contributed by atoms with Gasteiger partial charge in [-0.1, -0.05) is 17.7 Å². The second kappa shape index (κ2) is 5.16. The minimum Gasteiger partial charge on any atom is -0.351 e. The summed E-state index contributed by atoms with van der Waals surface area (Å²) >= 11 is 0. The van der Waals surface area contributed by atoms with Gasteiger partial charge in [0.05, 0.1) is 12.5 Å². The van der Waals surface area contributed by atoms with Gasteiger partial charge in [-0.15, -0.1) is 0 Å². The molecule has 1 rings (SSSR count). The van der Waals surface area contributed by atoms with Crippen molar-refractivity contribution in [3.05, 3.63) is 34.9 Å². The third-order valence-electron chi connectivity index (χ3n) is 2.16. The van der Waals surface area contributed by atoms with Gasteiger partial charge in [-0.05, 0) is 25.5 Å². The molecule has 3 heteroatoms. The predicted molar refractivity (Wildman–Crippen MR) is 58.5 cm³/mol. The molecule has 0 aliphatic carbocycles. The molecule has 1 N–H and O–H groups in total. The molecule has 3 nitrogen and oxygen atoms in total. The van der Waals surface area contributed by atoms with Gasteiger partial charge in [0.2, 0.25) is 0 Å². The molecular formula is C12H14N2O. The molecule has 0 aromatic heterocycles.